The zero-order chi connectivity index (χ0) is 18.5. The predicted molar refractivity (Wildman–Crippen MR) is 96.9 cm³/mol. The van der Waals surface area contributed by atoms with Crippen molar-refractivity contribution in [3.63, 3.8) is 0 Å². The fourth-order valence-corrected chi connectivity index (χ4v) is 2.72. The van der Waals surface area contributed by atoms with E-state index < -0.39 is 0 Å². The minimum Gasteiger partial charge on any atom is -0.339 e. The molecule has 0 unspecified atom stereocenters. The van der Waals surface area contributed by atoms with Crippen molar-refractivity contribution in [3.8, 4) is 0 Å². The lowest BCUT2D eigenvalue weighted by Crippen LogP contribution is -2.12. The van der Waals surface area contributed by atoms with Crippen molar-refractivity contribution >= 4 is 17.2 Å². The first kappa shape index (κ1) is 18.0. The molecule has 8 nitrogen and oxygen atoms in total. The summed E-state index contributed by atoms with van der Waals surface area (Å²) in [5.41, 5.74) is 1.50. The lowest BCUT2D eigenvalue weighted by atomic mass is 10.2. The van der Waals surface area contributed by atoms with Crippen LogP contribution in [-0.2, 0) is 17.6 Å². The molecule has 0 radical (unpaired) electrons. The molecule has 3 aromatic heterocycles. The van der Waals surface area contributed by atoms with E-state index in [0.29, 0.717) is 25.2 Å². The summed E-state index contributed by atoms with van der Waals surface area (Å²) in [5, 5.41) is 15.2. The molecular weight excluding hydrogens is 332 g/mol. The van der Waals surface area contributed by atoms with Crippen LogP contribution in [0.25, 0.3) is 5.65 Å². The fourth-order valence-electron chi connectivity index (χ4n) is 2.72. The standard InChI is InChI=1S/C18H24N6O2/c1-4-6-14-20-17(26-23-14)8-5-7-16(25)19-13-9-10-15-21-22-18(12(2)3)24(15)11-13/h9-12H,4-8H2,1-3H3,(H,19,25). The molecule has 0 atom stereocenters. The third-order valence-corrected chi connectivity index (χ3v) is 4.01. The first-order valence-electron chi connectivity index (χ1n) is 9.02. The van der Waals surface area contributed by atoms with Gasteiger partial charge in [-0.1, -0.05) is 25.9 Å². The molecule has 0 aromatic carbocycles. The van der Waals surface area contributed by atoms with Gasteiger partial charge in [-0.15, -0.1) is 10.2 Å². The molecule has 0 bridgehead atoms. The summed E-state index contributed by atoms with van der Waals surface area (Å²) in [6, 6.07) is 3.68. The Hall–Kier alpha value is -2.77. The number of nitrogens with zero attached hydrogens (tertiary/aromatic N) is 5. The van der Waals surface area contributed by atoms with Gasteiger partial charge in [-0.2, -0.15) is 4.98 Å². The van der Waals surface area contributed by atoms with Gasteiger partial charge in [0.15, 0.2) is 11.5 Å². The number of carbonyl (C=O) groups excluding carboxylic acids is 1. The maximum Gasteiger partial charge on any atom is 0.226 e. The molecule has 3 heterocycles. The Balaban J connectivity index is 1.54. The van der Waals surface area contributed by atoms with Gasteiger partial charge in [0, 0.05) is 31.4 Å². The van der Waals surface area contributed by atoms with E-state index in [4.69, 9.17) is 4.52 Å². The van der Waals surface area contributed by atoms with E-state index in [2.05, 4.69) is 46.4 Å². The Kier molecular flexibility index (Phi) is 5.60. The van der Waals surface area contributed by atoms with Crippen LogP contribution >= 0.6 is 0 Å². The number of nitrogens with one attached hydrogen (secondary N) is 1. The zero-order valence-electron chi connectivity index (χ0n) is 15.4. The van der Waals surface area contributed by atoms with E-state index in [9.17, 15) is 4.79 Å². The molecule has 0 saturated carbocycles. The summed E-state index contributed by atoms with van der Waals surface area (Å²) in [5.74, 6) is 2.40. The Morgan fingerprint density at radius 2 is 2.12 bits per heavy atom. The van der Waals surface area contributed by atoms with Crippen molar-refractivity contribution in [2.45, 2.75) is 58.8 Å². The minimum atomic E-state index is -0.0446. The average Bonchev–Trinajstić information content (AvgIpc) is 3.21. The topological polar surface area (TPSA) is 98.2 Å². The van der Waals surface area contributed by atoms with Gasteiger partial charge in [0.05, 0.1) is 5.69 Å². The van der Waals surface area contributed by atoms with E-state index in [-0.39, 0.29) is 11.8 Å². The number of aromatic nitrogens is 5. The van der Waals surface area contributed by atoms with Gasteiger partial charge < -0.3 is 9.84 Å². The summed E-state index contributed by atoms with van der Waals surface area (Å²) in [7, 11) is 0. The Morgan fingerprint density at radius 1 is 1.27 bits per heavy atom. The highest BCUT2D eigenvalue weighted by molar-refractivity contribution is 5.90. The second-order valence-corrected chi connectivity index (χ2v) is 6.61. The fraction of sp³-hybridized carbons (Fsp3) is 0.500. The lowest BCUT2D eigenvalue weighted by molar-refractivity contribution is -0.116. The van der Waals surface area contributed by atoms with E-state index in [1.165, 1.54) is 0 Å². The first-order valence-corrected chi connectivity index (χ1v) is 9.02. The van der Waals surface area contributed by atoms with Crippen molar-refractivity contribution in [1.82, 2.24) is 24.7 Å². The summed E-state index contributed by atoms with van der Waals surface area (Å²) in [6.07, 6.45) is 5.31. The largest absolute Gasteiger partial charge is 0.339 e. The summed E-state index contributed by atoms with van der Waals surface area (Å²) < 4.78 is 7.09. The maximum atomic E-state index is 12.2. The van der Waals surface area contributed by atoms with Crippen LogP contribution in [0.5, 0.6) is 0 Å². The van der Waals surface area contributed by atoms with Crippen LogP contribution in [0.4, 0.5) is 5.69 Å². The van der Waals surface area contributed by atoms with Gasteiger partial charge in [-0.3, -0.25) is 9.20 Å². The van der Waals surface area contributed by atoms with Crippen LogP contribution in [0.1, 0.15) is 63.5 Å². The second-order valence-electron chi connectivity index (χ2n) is 6.61. The molecule has 0 spiro atoms. The number of anilines is 1. The number of hydrogen-bond acceptors (Lipinski definition) is 6. The Bertz CT molecular complexity index is 883. The molecule has 0 aliphatic rings. The molecule has 8 heteroatoms. The van der Waals surface area contributed by atoms with Crippen LogP contribution < -0.4 is 5.32 Å². The van der Waals surface area contributed by atoms with Crippen LogP contribution in [0.15, 0.2) is 22.9 Å². The Labute approximate surface area is 152 Å². The predicted octanol–water partition coefficient (Wildman–Crippen LogP) is 3.15. The van der Waals surface area contributed by atoms with Crippen molar-refractivity contribution in [3.05, 3.63) is 35.9 Å². The first-order chi connectivity index (χ1) is 12.6. The maximum absolute atomic E-state index is 12.2. The normalized spacial score (nSPS) is 11.4. The van der Waals surface area contributed by atoms with Gasteiger partial charge in [-0.25, -0.2) is 0 Å². The molecule has 26 heavy (non-hydrogen) atoms. The number of hydrogen-bond donors (Lipinski definition) is 1. The number of pyridine rings is 1. The SMILES string of the molecule is CCCc1noc(CCCC(=O)Nc2ccc3nnc(C(C)C)n3c2)n1. The second kappa shape index (κ2) is 8.07. The number of fused-ring (bicyclic) bond motifs is 1. The highest BCUT2D eigenvalue weighted by atomic mass is 16.5. The molecule has 138 valence electrons. The third kappa shape index (κ3) is 4.25. The quantitative estimate of drug-likeness (QED) is 0.666. The highest BCUT2D eigenvalue weighted by Crippen LogP contribution is 2.17. The molecule has 1 amide bonds. The molecule has 0 saturated heterocycles. The van der Waals surface area contributed by atoms with Gasteiger partial charge in [0.1, 0.15) is 5.82 Å². The van der Waals surface area contributed by atoms with Crippen molar-refractivity contribution < 1.29 is 9.32 Å². The molecule has 3 aromatic rings. The highest BCUT2D eigenvalue weighted by Gasteiger charge is 2.11. The van der Waals surface area contributed by atoms with E-state index in [1.54, 1.807) is 0 Å². The van der Waals surface area contributed by atoms with Crippen LogP contribution in [0.3, 0.4) is 0 Å². The van der Waals surface area contributed by atoms with Crippen molar-refractivity contribution in [2.75, 3.05) is 5.32 Å². The summed E-state index contributed by atoms with van der Waals surface area (Å²) in [4.78, 5) is 16.5. The number of rotatable bonds is 8. The smallest absolute Gasteiger partial charge is 0.226 e. The van der Waals surface area contributed by atoms with Crippen LogP contribution in [0.2, 0.25) is 0 Å². The van der Waals surface area contributed by atoms with Crippen molar-refractivity contribution in [1.29, 1.82) is 0 Å². The number of amides is 1. The van der Waals surface area contributed by atoms with Crippen LogP contribution in [0, 0.1) is 0 Å². The molecule has 0 aliphatic heterocycles. The zero-order valence-corrected chi connectivity index (χ0v) is 15.4. The van der Waals surface area contributed by atoms with Gasteiger partial charge in [0.2, 0.25) is 11.8 Å². The van der Waals surface area contributed by atoms with Gasteiger partial charge >= 0.3 is 0 Å². The lowest BCUT2D eigenvalue weighted by Gasteiger charge is -2.07. The average molecular weight is 356 g/mol. The monoisotopic (exact) mass is 356 g/mol. The van der Waals surface area contributed by atoms with Gasteiger partial charge in [0.25, 0.3) is 0 Å². The molecule has 1 N–H and O–H groups in total. The van der Waals surface area contributed by atoms with Crippen LogP contribution in [-0.4, -0.2) is 30.6 Å². The number of carbonyl (C=O) groups is 1. The summed E-state index contributed by atoms with van der Waals surface area (Å²) in [6.45, 7) is 6.19. The molecule has 3 rings (SSSR count). The molecular formula is C18H24N6O2. The molecule has 0 aliphatic carbocycles. The minimum absolute atomic E-state index is 0.0446. The van der Waals surface area contributed by atoms with E-state index >= 15 is 0 Å². The van der Waals surface area contributed by atoms with Crippen molar-refractivity contribution in [2.24, 2.45) is 0 Å². The third-order valence-electron chi connectivity index (χ3n) is 4.01. The van der Waals surface area contributed by atoms with Gasteiger partial charge in [-0.05, 0) is 25.0 Å². The Morgan fingerprint density at radius 3 is 2.88 bits per heavy atom. The molecule has 0 fully saturated rings. The number of aryl methyl sites for hydroxylation is 2. The van der Waals surface area contributed by atoms with E-state index in [1.807, 2.05) is 22.7 Å². The van der Waals surface area contributed by atoms with E-state index in [0.717, 1.165) is 35.8 Å². The summed E-state index contributed by atoms with van der Waals surface area (Å²) >= 11 is 0.